The van der Waals surface area contributed by atoms with Crippen molar-refractivity contribution in [3.8, 4) is 0 Å². The average molecular weight is 726 g/mol. The van der Waals surface area contributed by atoms with E-state index >= 15 is 0 Å². The van der Waals surface area contributed by atoms with Gasteiger partial charge in [0.15, 0.2) is 5.69 Å². The molecule has 0 bridgehead atoms. The Morgan fingerprint density at radius 1 is 0.923 bits per heavy atom. The highest BCUT2D eigenvalue weighted by atomic mass is 16.4. The monoisotopic (exact) mass is 725 g/mol. The molecule has 1 saturated heterocycles. The molecule has 0 aromatic carbocycles. The van der Waals surface area contributed by atoms with E-state index in [0.29, 0.717) is 13.0 Å². The Morgan fingerprint density at radius 2 is 1.63 bits per heavy atom. The van der Waals surface area contributed by atoms with Crippen LogP contribution in [0, 0.1) is 23.2 Å². The van der Waals surface area contributed by atoms with E-state index in [0.717, 1.165) is 76.6 Å². The third-order valence-corrected chi connectivity index (χ3v) is 11.1. The van der Waals surface area contributed by atoms with Gasteiger partial charge in [0.2, 0.25) is 23.5 Å². The number of likely N-dealkylation sites (tertiary alicyclic amines) is 1. The molecule has 0 radical (unpaired) electrons. The Bertz CT molecular complexity index is 1490. The lowest BCUT2D eigenvalue weighted by molar-refractivity contribution is -0.146. The number of nitrogens with zero attached hydrogens (tertiary/aromatic N) is 3. The number of carbonyl (C=O) groups excluding carboxylic acids is 5. The number of aliphatic hydroxyl groups excluding tert-OH is 1. The van der Waals surface area contributed by atoms with Gasteiger partial charge in [0.1, 0.15) is 24.0 Å². The summed E-state index contributed by atoms with van der Waals surface area (Å²) < 4.78 is 0. The van der Waals surface area contributed by atoms with Crippen LogP contribution in [0.4, 0.5) is 0 Å². The van der Waals surface area contributed by atoms with Crippen LogP contribution in [0.5, 0.6) is 0 Å². The smallest absolute Gasteiger partial charge is 0.356 e. The number of hydrogen-bond donors (Lipinski definition) is 6. The van der Waals surface area contributed by atoms with Crippen LogP contribution in [-0.2, 0) is 24.0 Å². The second kappa shape index (κ2) is 16.8. The summed E-state index contributed by atoms with van der Waals surface area (Å²) in [7, 11) is 0. The minimum atomic E-state index is -1.44. The summed E-state index contributed by atoms with van der Waals surface area (Å²) in [6.07, 6.45) is 10.0. The van der Waals surface area contributed by atoms with Crippen LogP contribution in [0.1, 0.15) is 127 Å². The summed E-state index contributed by atoms with van der Waals surface area (Å²) in [5.41, 5.74) is -1.01. The molecule has 1 aromatic rings. The van der Waals surface area contributed by atoms with Crippen LogP contribution < -0.4 is 21.3 Å². The first-order chi connectivity index (χ1) is 24.7. The number of carboxylic acid groups (broad SMARTS) is 1. The molecule has 5 rings (SSSR count). The summed E-state index contributed by atoms with van der Waals surface area (Å²) in [5.74, 6) is -4.17. The quantitative estimate of drug-likeness (QED) is 0.113. The molecule has 3 aliphatic carbocycles. The van der Waals surface area contributed by atoms with E-state index in [-0.39, 0.29) is 41.6 Å². The molecule has 0 spiro atoms. The summed E-state index contributed by atoms with van der Waals surface area (Å²) in [4.78, 5) is 89.5. The number of Topliss-reactive ketones (excluding diaryl/α,β-unsaturated/α-hetero) is 1. The Morgan fingerprint density at radius 3 is 2.23 bits per heavy atom. The lowest BCUT2D eigenvalue weighted by atomic mass is 9.82. The molecule has 1 aromatic heterocycles. The Kier molecular flexibility index (Phi) is 12.7. The van der Waals surface area contributed by atoms with Gasteiger partial charge < -0.3 is 31.1 Å². The topological polar surface area (TPSA) is 220 Å². The molecule has 4 fully saturated rings. The van der Waals surface area contributed by atoms with Crippen LogP contribution >= 0.6 is 0 Å². The minimum Gasteiger partial charge on any atom is -0.476 e. The molecule has 3 saturated carbocycles. The predicted octanol–water partition coefficient (Wildman–Crippen LogP) is 1.99. The largest absolute Gasteiger partial charge is 0.476 e. The molecule has 52 heavy (non-hydrogen) atoms. The van der Waals surface area contributed by atoms with Gasteiger partial charge in [-0.05, 0) is 68.1 Å². The van der Waals surface area contributed by atoms with Gasteiger partial charge >= 0.3 is 5.97 Å². The van der Waals surface area contributed by atoms with Crippen molar-refractivity contribution in [3.05, 3.63) is 23.8 Å². The highest BCUT2D eigenvalue weighted by Crippen LogP contribution is 2.43. The first-order valence-corrected chi connectivity index (χ1v) is 18.9. The summed E-state index contributed by atoms with van der Waals surface area (Å²) >= 11 is 0. The van der Waals surface area contributed by atoms with Crippen molar-refractivity contribution >= 4 is 35.4 Å². The third-order valence-electron chi connectivity index (χ3n) is 11.1. The van der Waals surface area contributed by atoms with Crippen molar-refractivity contribution in [1.82, 2.24) is 36.1 Å². The Labute approximate surface area is 304 Å². The number of ketones is 1. The number of rotatable bonds is 15. The predicted molar refractivity (Wildman–Crippen MR) is 188 cm³/mol. The molecule has 286 valence electrons. The number of amides is 4. The molecule has 7 atom stereocenters. The Hall–Kier alpha value is -3.98. The zero-order valence-electron chi connectivity index (χ0n) is 30.7. The van der Waals surface area contributed by atoms with Crippen LogP contribution in [0.2, 0.25) is 0 Å². The highest BCUT2D eigenvalue weighted by molar-refractivity contribution is 6.38. The van der Waals surface area contributed by atoms with Crippen molar-refractivity contribution in [2.45, 2.75) is 141 Å². The van der Waals surface area contributed by atoms with E-state index in [4.69, 9.17) is 0 Å². The van der Waals surface area contributed by atoms with Gasteiger partial charge in [0.25, 0.3) is 5.91 Å². The zero-order valence-corrected chi connectivity index (χ0v) is 30.7. The maximum absolute atomic E-state index is 14.6. The van der Waals surface area contributed by atoms with Crippen LogP contribution in [-0.4, -0.2) is 97.2 Å². The standard InChI is InChI=1S/C37H55N7O8/c1-5-10-24(29(45)34(49)40-22-15-16-22)41-33(48)28-23-14-9-13-21(23)19-44(28)35(50)30(37(2,3)4)43-32(47)27(20-11-7-6-8-12-20)42-31(46)25-17-39-26(18-38-25)36(51)52/h17-18,20-24,27-28,30-31,42,46H,5-16,19H2,1-4H3,(H,40,49)(H,41,48)(H,43,47)(H,51,52)/t21-,23?,24-,27-,28-,30+,31?/m0/s1. The van der Waals surface area contributed by atoms with Gasteiger partial charge in [-0.1, -0.05) is 59.8 Å². The van der Waals surface area contributed by atoms with Gasteiger partial charge in [-0.2, -0.15) is 0 Å². The molecule has 15 heteroatoms. The van der Waals surface area contributed by atoms with Crippen molar-refractivity contribution in [3.63, 3.8) is 0 Å². The number of aromatic carboxylic acids is 1. The molecule has 2 heterocycles. The van der Waals surface area contributed by atoms with Gasteiger partial charge in [0.05, 0.1) is 24.5 Å². The third kappa shape index (κ3) is 9.32. The van der Waals surface area contributed by atoms with Crippen LogP contribution in [0.25, 0.3) is 0 Å². The van der Waals surface area contributed by atoms with Crippen molar-refractivity contribution in [2.75, 3.05) is 6.54 Å². The SMILES string of the molecule is CCC[C@H](NC(=O)[C@@H]1C2CCC[C@H]2CN1C(=O)[C@@H](NC(=O)[C@@H](NC(O)c1cnc(C(=O)O)cn1)C1CCCCC1)C(C)(C)C)C(=O)C(=O)NC1CC1. The van der Waals surface area contributed by atoms with E-state index in [9.17, 15) is 39.0 Å². The number of carbonyl (C=O) groups is 6. The van der Waals surface area contributed by atoms with Gasteiger partial charge in [-0.25, -0.2) is 9.78 Å². The molecule has 6 N–H and O–H groups in total. The fraction of sp³-hybridized carbons (Fsp3) is 0.730. The number of aliphatic hydroxyl groups is 1. The normalized spacial score (nSPS) is 24.2. The minimum absolute atomic E-state index is 0.00336. The van der Waals surface area contributed by atoms with Gasteiger partial charge in [-0.15, -0.1) is 0 Å². The lowest BCUT2D eigenvalue weighted by Crippen LogP contribution is -2.62. The number of aromatic nitrogens is 2. The number of hydrogen-bond acceptors (Lipinski definition) is 10. The number of nitrogens with one attached hydrogen (secondary N) is 4. The molecule has 2 unspecified atom stereocenters. The molecule has 15 nitrogen and oxygen atoms in total. The average Bonchev–Trinajstić information content (AvgIpc) is 3.68. The van der Waals surface area contributed by atoms with Gasteiger partial charge in [-0.3, -0.25) is 34.3 Å². The first-order valence-electron chi connectivity index (χ1n) is 18.9. The van der Waals surface area contributed by atoms with Gasteiger partial charge in [0, 0.05) is 12.6 Å². The Balaban J connectivity index is 1.35. The maximum Gasteiger partial charge on any atom is 0.356 e. The molecule has 1 aliphatic heterocycles. The number of fused-ring (bicyclic) bond motifs is 1. The maximum atomic E-state index is 14.6. The van der Waals surface area contributed by atoms with Crippen molar-refractivity contribution in [2.24, 2.45) is 23.2 Å². The van der Waals surface area contributed by atoms with Crippen molar-refractivity contribution < 1.29 is 39.0 Å². The molecular formula is C37H55N7O8. The van der Waals surface area contributed by atoms with Crippen LogP contribution in [0.15, 0.2) is 12.4 Å². The summed E-state index contributed by atoms with van der Waals surface area (Å²) in [6, 6.07) is -3.82. The molecule has 4 aliphatic rings. The highest BCUT2D eigenvalue weighted by Gasteiger charge is 2.52. The van der Waals surface area contributed by atoms with Crippen molar-refractivity contribution in [1.29, 1.82) is 0 Å². The fourth-order valence-electron chi connectivity index (χ4n) is 8.11. The van der Waals surface area contributed by atoms with E-state index in [1.165, 1.54) is 0 Å². The molecule has 4 amide bonds. The molecular weight excluding hydrogens is 670 g/mol. The summed E-state index contributed by atoms with van der Waals surface area (Å²) in [5, 5.41) is 31.8. The van der Waals surface area contributed by atoms with Crippen LogP contribution in [0.3, 0.4) is 0 Å². The summed E-state index contributed by atoms with van der Waals surface area (Å²) in [6.45, 7) is 7.74. The lowest BCUT2D eigenvalue weighted by Gasteiger charge is -2.38. The van der Waals surface area contributed by atoms with E-state index in [1.54, 1.807) is 4.90 Å². The van der Waals surface area contributed by atoms with E-state index in [2.05, 4.69) is 31.2 Å². The zero-order chi connectivity index (χ0) is 37.7. The number of carboxylic acids is 1. The first kappa shape index (κ1) is 39.2. The second-order valence-corrected chi connectivity index (χ2v) is 16.1. The van der Waals surface area contributed by atoms with E-state index in [1.807, 2.05) is 27.7 Å². The van der Waals surface area contributed by atoms with E-state index < -0.39 is 71.2 Å². The second-order valence-electron chi connectivity index (χ2n) is 16.1. The fourth-order valence-corrected chi connectivity index (χ4v) is 8.11.